The van der Waals surface area contributed by atoms with Crippen molar-refractivity contribution in [3.05, 3.63) is 181 Å². The van der Waals surface area contributed by atoms with Crippen LogP contribution in [0.15, 0.2) is 179 Å². The van der Waals surface area contributed by atoms with Crippen LogP contribution in [0, 0.1) is 0 Å². The number of hydrogen-bond donors (Lipinski definition) is 0. The number of benzene rings is 8. The second-order valence-corrected chi connectivity index (χ2v) is 14.4. The SMILES string of the molecule is c1ccc2c(c1)oc1cccc(-n3c4ccccc4c4cc(CCc5ccc6c(c5)c5ccccc5n6-c5cccc6oc7ccccc7c56)ccc43)c12. The maximum atomic E-state index is 6.29. The monoisotopic (exact) mass is 692 g/mol. The molecule has 0 atom stereocenters. The van der Waals surface area contributed by atoms with Gasteiger partial charge in [0.05, 0.1) is 44.2 Å². The lowest BCUT2D eigenvalue weighted by molar-refractivity contribution is 0.668. The molecule has 8 aromatic carbocycles. The zero-order chi connectivity index (χ0) is 35.3. The minimum absolute atomic E-state index is 0.906. The highest BCUT2D eigenvalue weighted by atomic mass is 16.3. The summed E-state index contributed by atoms with van der Waals surface area (Å²) < 4.78 is 17.4. The van der Waals surface area contributed by atoms with Gasteiger partial charge in [0.25, 0.3) is 0 Å². The fraction of sp³-hybridized carbons (Fsp3) is 0.0400. The van der Waals surface area contributed by atoms with E-state index in [9.17, 15) is 0 Å². The molecule has 12 aromatic rings. The maximum absolute atomic E-state index is 6.29. The molecule has 0 radical (unpaired) electrons. The van der Waals surface area contributed by atoms with Crippen molar-refractivity contribution in [1.82, 2.24) is 9.13 Å². The van der Waals surface area contributed by atoms with Crippen LogP contribution in [0.4, 0.5) is 0 Å². The average molecular weight is 693 g/mol. The molecule has 0 saturated heterocycles. The Balaban J connectivity index is 0.949. The first-order valence-electron chi connectivity index (χ1n) is 18.6. The van der Waals surface area contributed by atoms with Gasteiger partial charge in [-0.25, -0.2) is 0 Å². The van der Waals surface area contributed by atoms with Gasteiger partial charge >= 0.3 is 0 Å². The topological polar surface area (TPSA) is 36.1 Å². The van der Waals surface area contributed by atoms with Gasteiger partial charge in [-0.05, 0) is 96.8 Å². The molecule has 0 fully saturated rings. The number of hydrogen-bond acceptors (Lipinski definition) is 2. The zero-order valence-electron chi connectivity index (χ0n) is 29.3. The summed E-state index contributed by atoms with van der Waals surface area (Å²) in [5.74, 6) is 0. The van der Waals surface area contributed by atoms with Crippen LogP contribution >= 0.6 is 0 Å². The molecule has 0 unspecified atom stereocenters. The van der Waals surface area contributed by atoms with Gasteiger partial charge in [0.1, 0.15) is 22.3 Å². The van der Waals surface area contributed by atoms with Crippen molar-refractivity contribution in [3.8, 4) is 11.4 Å². The summed E-state index contributed by atoms with van der Waals surface area (Å²) >= 11 is 0. The Morgan fingerprint density at radius 1 is 0.315 bits per heavy atom. The molecule has 0 bridgehead atoms. The van der Waals surface area contributed by atoms with E-state index in [0.717, 1.165) is 68.1 Å². The van der Waals surface area contributed by atoms with Gasteiger partial charge in [-0.15, -0.1) is 0 Å². The number of nitrogens with zero attached hydrogens (tertiary/aromatic N) is 2. The number of fused-ring (bicyclic) bond motifs is 12. The molecule has 254 valence electrons. The van der Waals surface area contributed by atoms with E-state index in [1.54, 1.807) is 0 Å². The predicted octanol–water partition coefficient (Wildman–Crippen LogP) is 13.5. The fourth-order valence-electron chi connectivity index (χ4n) is 9.04. The van der Waals surface area contributed by atoms with Crippen LogP contribution in [0.2, 0.25) is 0 Å². The summed E-state index contributed by atoms with van der Waals surface area (Å²) in [6.45, 7) is 0. The summed E-state index contributed by atoms with van der Waals surface area (Å²) in [5, 5.41) is 9.62. The molecular formula is C50H32N2O2. The molecule has 0 aliphatic rings. The zero-order valence-corrected chi connectivity index (χ0v) is 29.3. The summed E-state index contributed by atoms with van der Waals surface area (Å²) in [5.41, 5.74) is 13.4. The molecule has 0 N–H and O–H groups in total. The van der Waals surface area contributed by atoms with Crippen LogP contribution in [0.3, 0.4) is 0 Å². The van der Waals surface area contributed by atoms with E-state index in [1.807, 2.05) is 12.1 Å². The van der Waals surface area contributed by atoms with Crippen LogP contribution in [0.1, 0.15) is 11.1 Å². The number of rotatable bonds is 5. The smallest absolute Gasteiger partial charge is 0.137 e. The van der Waals surface area contributed by atoms with E-state index >= 15 is 0 Å². The number of furan rings is 2. The largest absolute Gasteiger partial charge is 0.456 e. The minimum Gasteiger partial charge on any atom is -0.456 e. The molecule has 4 aromatic heterocycles. The number of para-hydroxylation sites is 4. The third-order valence-electron chi connectivity index (χ3n) is 11.4. The van der Waals surface area contributed by atoms with E-state index in [-0.39, 0.29) is 0 Å². The summed E-state index contributed by atoms with van der Waals surface area (Å²) in [6.07, 6.45) is 1.89. The van der Waals surface area contributed by atoms with Crippen molar-refractivity contribution in [2.24, 2.45) is 0 Å². The first kappa shape index (κ1) is 29.5. The van der Waals surface area contributed by atoms with E-state index < -0.39 is 0 Å². The summed E-state index contributed by atoms with van der Waals surface area (Å²) in [4.78, 5) is 0. The lowest BCUT2D eigenvalue weighted by atomic mass is 10.0. The Morgan fingerprint density at radius 3 is 1.19 bits per heavy atom. The Hall–Kier alpha value is -7.04. The Morgan fingerprint density at radius 2 is 0.704 bits per heavy atom. The second-order valence-electron chi connectivity index (χ2n) is 14.4. The second kappa shape index (κ2) is 11.2. The van der Waals surface area contributed by atoms with E-state index in [1.165, 1.54) is 54.7 Å². The van der Waals surface area contributed by atoms with E-state index in [4.69, 9.17) is 8.83 Å². The Kier molecular flexibility index (Phi) is 6.14. The van der Waals surface area contributed by atoms with Crippen LogP contribution in [0.25, 0.3) is 98.9 Å². The third-order valence-corrected chi connectivity index (χ3v) is 11.4. The molecule has 0 aliphatic heterocycles. The van der Waals surface area contributed by atoms with Crippen LogP contribution in [-0.4, -0.2) is 9.13 Å². The summed E-state index contributed by atoms with van der Waals surface area (Å²) in [6, 6.07) is 61.0. The predicted molar refractivity (Wildman–Crippen MR) is 224 cm³/mol. The third kappa shape index (κ3) is 4.19. The first-order chi connectivity index (χ1) is 26.8. The van der Waals surface area contributed by atoms with Gasteiger partial charge in [0.15, 0.2) is 0 Å². The normalized spacial score (nSPS) is 12.2. The lowest BCUT2D eigenvalue weighted by Gasteiger charge is -2.10. The van der Waals surface area contributed by atoms with Crippen molar-refractivity contribution in [2.45, 2.75) is 12.8 Å². The summed E-state index contributed by atoms with van der Waals surface area (Å²) in [7, 11) is 0. The number of aryl methyl sites for hydroxylation is 2. The minimum atomic E-state index is 0.906. The van der Waals surface area contributed by atoms with Gasteiger partial charge in [-0.3, -0.25) is 0 Å². The molecule has 0 spiro atoms. The molecule has 0 saturated carbocycles. The average Bonchev–Trinajstić information content (AvgIpc) is 3.97. The van der Waals surface area contributed by atoms with Crippen molar-refractivity contribution in [3.63, 3.8) is 0 Å². The molecule has 4 heterocycles. The van der Waals surface area contributed by atoms with Gasteiger partial charge < -0.3 is 18.0 Å². The van der Waals surface area contributed by atoms with Gasteiger partial charge in [0, 0.05) is 32.3 Å². The van der Waals surface area contributed by atoms with Crippen molar-refractivity contribution in [1.29, 1.82) is 0 Å². The van der Waals surface area contributed by atoms with E-state index in [0.29, 0.717) is 0 Å². The van der Waals surface area contributed by atoms with Crippen molar-refractivity contribution >= 4 is 87.5 Å². The molecule has 12 rings (SSSR count). The Labute approximate surface area is 309 Å². The fourth-order valence-corrected chi connectivity index (χ4v) is 9.04. The molecule has 4 nitrogen and oxygen atoms in total. The molecule has 4 heteroatoms. The molecule has 0 amide bonds. The highest BCUT2D eigenvalue weighted by Crippen LogP contribution is 2.41. The number of aromatic nitrogens is 2. The van der Waals surface area contributed by atoms with Crippen LogP contribution in [-0.2, 0) is 12.8 Å². The van der Waals surface area contributed by atoms with Crippen molar-refractivity contribution < 1.29 is 8.83 Å². The quantitative estimate of drug-likeness (QED) is 0.180. The van der Waals surface area contributed by atoms with Crippen LogP contribution in [0.5, 0.6) is 0 Å². The molecule has 54 heavy (non-hydrogen) atoms. The standard InChI is InChI=1S/C50H32N2O2/c1-5-15-39-33(11-1)37-29-31(25-27-41(37)51(39)43-17-9-21-47-49(43)35-13-3-7-19-45(35)53-47)23-24-32-26-28-42-38(30-32)34-12-2-6-16-40(34)52(42)44-18-10-22-48-50(44)36-14-4-8-20-46(36)54-48/h1-22,25-30H,23-24H2. The Bertz CT molecular complexity index is 3230. The van der Waals surface area contributed by atoms with Gasteiger partial charge in [-0.2, -0.15) is 0 Å². The van der Waals surface area contributed by atoms with Gasteiger partial charge in [0.2, 0.25) is 0 Å². The lowest BCUT2D eigenvalue weighted by Crippen LogP contribution is -1.96. The molecule has 0 aliphatic carbocycles. The maximum Gasteiger partial charge on any atom is 0.137 e. The van der Waals surface area contributed by atoms with Crippen LogP contribution < -0.4 is 0 Å². The highest BCUT2D eigenvalue weighted by Gasteiger charge is 2.20. The molecular weight excluding hydrogens is 661 g/mol. The van der Waals surface area contributed by atoms with Gasteiger partial charge in [-0.1, -0.05) is 97.1 Å². The van der Waals surface area contributed by atoms with Crippen molar-refractivity contribution in [2.75, 3.05) is 0 Å². The van der Waals surface area contributed by atoms with E-state index in [2.05, 4.69) is 167 Å². The highest BCUT2D eigenvalue weighted by molar-refractivity contribution is 6.16. The first-order valence-corrected chi connectivity index (χ1v) is 18.6.